The maximum absolute atomic E-state index is 11.7. The highest BCUT2D eigenvalue weighted by Gasteiger charge is 2.06. The van der Waals surface area contributed by atoms with Crippen molar-refractivity contribution in [3.05, 3.63) is 51.5 Å². The van der Waals surface area contributed by atoms with Gasteiger partial charge in [-0.15, -0.1) is 0 Å². The minimum atomic E-state index is -0.356. The van der Waals surface area contributed by atoms with E-state index in [2.05, 4.69) is 10.5 Å². The first kappa shape index (κ1) is 12.6. The molecule has 0 unspecified atom stereocenters. The van der Waals surface area contributed by atoms with Gasteiger partial charge in [-0.3, -0.25) is 4.79 Å². The van der Waals surface area contributed by atoms with E-state index in [1.165, 1.54) is 6.21 Å². The molecule has 2 rings (SSSR count). The van der Waals surface area contributed by atoms with Gasteiger partial charge in [0.15, 0.2) is 3.77 Å². The van der Waals surface area contributed by atoms with Crippen LogP contribution in [0.4, 0.5) is 5.69 Å². The van der Waals surface area contributed by atoms with E-state index in [1.807, 2.05) is 22.6 Å². The number of rotatable bonds is 3. The number of nitrogens with two attached hydrogens (primary N) is 1. The normalized spacial score (nSPS) is 10.7. The van der Waals surface area contributed by atoms with E-state index in [4.69, 9.17) is 10.2 Å². The average molecular weight is 355 g/mol. The van der Waals surface area contributed by atoms with Gasteiger partial charge in [0.1, 0.15) is 5.76 Å². The zero-order valence-electron chi connectivity index (χ0n) is 9.26. The summed E-state index contributed by atoms with van der Waals surface area (Å²) in [5, 5.41) is 3.80. The summed E-state index contributed by atoms with van der Waals surface area (Å²) < 4.78 is 6.01. The molecule has 0 saturated heterocycles. The molecule has 18 heavy (non-hydrogen) atoms. The number of benzene rings is 1. The van der Waals surface area contributed by atoms with Crippen LogP contribution in [0, 0.1) is 3.77 Å². The molecule has 2 aromatic rings. The van der Waals surface area contributed by atoms with Gasteiger partial charge < -0.3 is 10.2 Å². The Balaban J connectivity index is 2.01. The van der Waals surface area contributed by atoms with Crippen LogP contribution in [0.15, 0.2) is 45.9 Å². The monoisotopic (exact) mass is 355 g/mol. The van der Waals surface area contributed by atoms with Crippen molar-refractivity contribution in [2.75, 3.05) is 5.73 Å². The van der Waals surface area contributed by atoms with Gasteiger partial charge in [0, 0.05) is 5.69 Å². The molecule has 0 aliphatic heterocycles. The van der Waals surface area contributed by atoms with Gasteiger partial charge >= 0.3 is 0 Å². The molecule has 0 aliphatic carbocycles. The number of carbonyl (C=O) groups is 1. The molecular formula is C12H10IN3O2. The fourth-order valence-corrected chi connectivity index (χ4v) is 1.75. The van der Waals surface area contributed by atoms with E-state index in [1.54, 1.807) is 36.4 Å². The predicted octanol–water partition coefficient (Wildman–Crippen LogP) is 2.23. The lowest BCUT2D eigenvalue weighted by molar-refractivity contribution is 0.0956. The number of nitrogens with one attached hydrogen (secondary N) is 1. The summed E-state index contributed by atoms with van der Waals surface area (Å²) in [6.45, 7) is 0. The molecule has 1 aromatic carbocycles. The number of hydrogen-bond donors (Lipinski definition) is 2. The minimum absolute atomic E-state index is 0.356. The van der Waals surface area contributed by atoms with Crippen molar-refractivity contribution in [2.24, 2.45) is 5.10 Å². The van der Waals surface area contributed by atoms with Crippen molar-refractivity contribution in [3.63, 3.8) is 0 Å². The molecule has 1 amide bonds. The van der Waals surface area contributed by atoms with Crippen LogP contribution < -0.4 is 11.2 Å². The highest BCUT2D eigenvalue weighted by molar-refractivity contribution is 14.1. The molecule has 5 nitrogen and oxygen atoms in total. The van der Waals surface area contributed by atoms with Crippen LogP contribution in [0.25, 0.3) is 0 Å². The van der Waals surface area contributed by atoms with Crippen molar-refractivity contribution in [1.29, 1.82) is 0 Å². The summed E-state index contributed by atoms with van der Waals surface area (Å²) in [6.07, 6.45) is 1.43. The summed E-state index contributed by atoms with van der Waals surface area (Å²) in [5.41, 5.74) is 8.87. The number of hydrogen-bond acceptors (Lipinski definition) is 4. The van der Waals surface area contributed by atoms with Crippen molar-refractivity contribution in [3.8, 4) is 0 Å². The van der Waals surface area contributed by atoms with E-state index in [-0.39, 0.29) is 5.91 Å². The summed E-state index contributed by atoms with van der Waals surface area (Å²) >= 11 is 2.05. The zero-order valence-corrected chi connectivity index (χ0v) is 11.4. The van der Waals surface area contributed by atoms with E-state index in [0.717, 1.165) is 3.77 Å². The highest BCUT2D eigenvalue weighted by atomic mass is 127. The number of hydrazone groups is 1. The smallest absolute Gasteiger partial charge is 0.273 e. The third-order valence-corrected chi connectivity index (χ3v) is 2.74. The Labute approximate surface area is 117 Å². The Morgan fingerprint density at radius 1 is 1.33 bits per heavy atom. The van der Waals surface area contributed by atoms with Crippen molar-refractivity contribution < 1.29 is 9.21 Å². The van der Waals surface area contributed by atoms with Crippen LogP contribution in [0.2, 0.25) is 0 Å². The van der Waals surface area contributed by atoms with Gasteiger partial charge in [-0.05, 0) is 46.9 Å². The maximum atomic E-state index is 11.7. The highest BCUT2D eigenvalue weighted by Crippen LogP contribution is 2.10. The van der Waals surface area contributed by atoms with Crippen molar-refractivity contribution in [2.45, 2.75) is 0 Å². The number of amides is 1. The topological polar surface area (TPSA) is 80.6 Å². The second kappa shape index (κ2) is 5.67. The first-order valence-electron chi connectivity index (χ1n) is 5.10. The summed E-state index contributed by atoms with van der Waals surface area (Å²) in [7, 11) is 0. The molecule has 0 atom stereocenters. The predicted molar refractivity (Wildman–Crippen MR) is 77.3 cm³/mol. The first-order chi connectivity index (χ1) is 8.66. The third kappa shape index (κ3) is 3.10. The van der Waals surface area contributed by atoms with Crippen LogP contribution in [0.1, 0.15) is 16.1 Å². The number of anilines is 1. The van der Waals surface area contributed by atoms with E-state index in [9.17, 15) is 4.79 Å². The molecule has 6 heteroatoms. The summed E-state index contributed by atoms with van der Waals surface area (Å²) in [5.74, 6) is 0.214. The van der Waals surface area contributed by atoms with Crippen LogP contribution in [0.5, 0.6) is 0 Å². The van der Waals surface area contributed by atoms with Gasteiger partial charge in [0.25, 0.3) is 5.91 Å². The third-order valence-electron chi connectivity index (χ3n) is 2.16. The summed E-state index contributed by atoms with van der Waals surface area (Å²) in [6, 6.07) is 10.4. The van der Waals surface area contributed by atoms with Gasteiger partial charge in [-0.25, -0.2) is 5.43 Å². The number of halogens is 1. The SMILES string of the molecule is Nc1ccccc1C(=O)NN=Cc1ccc(I)o1. The number of carbonyl (C=O) groups excluding carboxylic acids is 1. The number of nitrogens with zero attached hydrogens (tertiary/aromatic N) is 1. The van der Waals surface area contributed by atoms with Gasteiger partial charge in [-0.2, -0.15) is 5.10 Å². The maximum Gasteiger partial charge on any atom is 0.273 e. The minimum Gasteiger partial charge on any atom is -0.449 e. The molecule has 0 fully saturated rings. The molecule has 1 aromatic heterocycles. The van der Waals surface area contributed by atoms with Crippen molar-refractivity contribution >= 4 is 40.4 Å². The number of furan rings is 1. The lowest BCUT2D eigenvalue weighted by atomic mass is 10.2. The number of para-hydroxylation sites is 1. The lowest BCUT2D eigenvalue weighted by Gasteiger charge is -2.02. The molecule has 0 bridgehead atoms. The Kier molecular flexibility index (Phi) is 3.98. The average Bonchev–Trinajstić information content (AvgIpc) is 2.75. The Bertz CT molecular complexity index is 593. The molecule has 92 valence electrons. The van der Waals surface area contributed by atoms with E-state index in [0.29, 0.717) is 17.0 Å². The van der Waals surface area contributed by atoms with Crippen LogP contribution >= 0.6 is 22.6 Å². The van der Waals surface area contributed by atoms with E-state index < -0.39 is 0 Å². The second-order valence-electron chi connectivity index (χ2n) is 3.43. The summed E-state index contributed by atoms with van der Waals surface area (Å²) in [4.78, 5) is 11.7. The lowest BCUT2D eigenvalue weighted by Crippen LogP contribution is -2.18. The van der Waals surface area contributed by atoms with Crippen LogP contribution in [-0.2, 0) is 0 Å². The van der Waals surface area contributed by atoms with E-state index >= 15 is 0 Å². The fourth-order valence-electron chi connectivity index (χ4n) is 1.32. The standard InChI is InChI=1S/C12H10IN3O2/c13-11-6-5-8(18-11)7-15-16-12(17)9-3-1-2-4-10(9)14/h1-7H,14H2,(H,16,17). The fraction of sp³-hybridized carbons (Fsp3) is 0. The van der Waals surface area contributed by atoms with Crippen molar-refractivity contribution in [1.82, 2.24) is 5.43 Å². The zero-order chi connectivity index (χ0) is 13.0. The molecule has 3 N–H and O–H groups in total. The largest absolute Gasteiger partial charge is 0.449 e. The number of nitrogen functional groups attached to an aromatic ring is 1. The Hall–Kier alpha value is -1.83. The quantitative estimate of drug-likeness (QED) is 0.384. The van der Waals surface area contributed by atoms with Gasteiger partial charge in [0.05, 0.1) is 11.8 Å². The molecule has 0 spiro atoms. The van der Waals surface area contributed by atoms with Crippen LogP contribution in [0.3, 0.4) is 0 Å². The van der Waals surface area contributed by atoms with Gasteiger partial charge in [-0.1, -0.05) is 12.1 Å². The molecule has 0 aliphatic rings. The van der Waals surface area contributed by atoms with Crippen LogP contribution in [-0.4, -0.2) is 12.1 Å². The van der Waals surface area contributed by atoms with Gasteiger partial charge in [0.2, 0.25) is 0 Å². The Morgan fingerprint density at radius 2 is 2.11 bits per heavy atom. The molecule has 0 radical (unpaired) electrons. The molecular weight excluding hydrogens is 345 g/mol. The molecule has 0 saturated carbocycles. The molecule has 1 heterocycles. The first-order valence-corrected chi connectivity index (χ1v) is 6.18. The second-order valence-corrected chi connectivity index (χ2v) is 4.49. The Morgan fingerprint density at radius 3 is 2.78 bits per heavy atom.